The van der Waals surface area contributed by atoms with E-state index in [2.05, 4.69) is 31.5 Å². The molecule has 0 aliphatic heterocycles. The highest BCUT2D eigenvalue weighted by Gasteiger charge is 2.24. The van der Waals surface area contributed by atoms with Gasteiger partial charge < -0.3 is 20.1 Å². The fourth-order valence-electron chi connectivity index (χ4n) is 8.53. The van der Waals surface area contributed by atoms with Crippen LogP contribution in [0.1, 0.15) is 31.1 Å². The summed E-state index contributed by atoms with van der Waals surface area (Å²) in [4.78, 5) is 87.0. The molecule has 75 heavy (non-hydrogen) atoms. The number of aromatic nitrogens is 8. The average Bonchev–Trinajstić information content (AvgIpc) is 4.23. The quantitative estimate of drug-likeness (QED) is 0.0839. The summed E-state index contributed by atoms with van der Waals surface area (Å²) in [6.07, 6.45) is 0. The zero-order chi connectivity index (χ0) is 52.2. The molecule has 11 rings (SSSR count). The number of carbonyl (C=O) groups is 2. The van der Waals surface area contributed by atoms with E-state index in [0.717, 1.165) is 52.9 Å². The number of aryl methyl sites for hydroxylation is 3. The molecule has 0 spiro atoms. The normalized spacial score (nSPS) is 11.5. The van der Waals surface area contributed by atoms with Crippen molar-refractivity contribution in [1.29, 1.82) is 0 Å². The van der Waals surface area contributed by atoms with Crippen LogP contribution in [0.2, 0.25) is 10.3 Å². The fraction of sp³-hybridized carbons (Fsp3) is 0.137. The topological polar surface area (TPSA) is 222 Å². The summed E-state index contributed by atoms with van der Waals surface area (Å²) in [5, 5.41) is 11.3. The molecule has 0 unspecified atom stereocenters. The predicted octanol–water partition coefficient (Wildman–Crippen LogP) is 12.5. The molecule has 376 valence electrons. The van der Waals surface area contributed by atoms with E-state index in [1.807, 2.05) is 61.0 Å². The molecule has 18 nitrogen and oxygen atoms in total. The number of nitrogens with one attached hydrogen (secondary N) is 4. The number of fused-ring (bicyclic) bond motifs is 6. The summed E-state index contributed by atoms with van der Waals surface area (Å²) in [5.74, 6) is 1.16. The van der Waals surface area contributed by atoms with E-state index in [-0.39, 0.29) is 31.4 Å². The number of nitrogens with zero attached hydrogens (tertiary/aromatic N) is 8. The molecule has 10 heterocycles. The number of benzene rings is 1. The molecule has 24 heteroatoms. The maximum Gasteiger partial charge on any atom is 0.338 e. The Morgan fingerprint density at radius 1 is 0.587 bits per heavy atom. The molecule has 0 saturated carbocycles. The summed E-state index contributed by atoms with van der Waals surface area (Å²) < 4.78 is 14.0. The van der Waals surface area contributed by atoms with Crippen molar-refractivity contribution in [2.75, 3.05) is 34.7 Å². The van der Waals surface area contributed by atoms with Gasteiger partial charge in [0.05, 0.1) is 35.6 Å². The van der Waals surface area contributed by atoms with Crippen molar-refractivity contribution < 1.29 is 19.1 Å². The van der Waals surface area contributed by atoms with E-state index in [4.69, 9.17) is 52.6 Å². The maximum atomic E-state index is 14.3. The lowest BCUT2D eigenvalue weighted by Crippen LogP contribution is -2.37. The van der Waals surface area contributed by atoms with Crippen molar-refractivity contribution in [3.05, 3.63) is 138 Å². The molecule has 11 aromatic rings. The zero-order valence-electron chi connectivity index (χ0n) is 40.0. The van der Waals surface area contributed by atoms with Gasteiger partial charge in [-0.25, -0.2) is 59.7 Å². The summed E-state index contributed by atoms with van der Waals surface area (Å²) in [5.41, 5.74) is 10.6. The molecular formula is C51H38Cl2N12O6S4. The van der Waals surface area contributed by atoms with Crippen LogP contribution < -0.4 is 42.1 Å². The van der Waals surface area contributed by atoms with E-state index >= 15 is 0 Å². The SMILES string of the molecule is CCOc1cc(-c2cc(-c3cccs3)c3c(n2)sc2c(=O)n(NC(=O)Nc4cc(C)cc(NC(=O)Nn5c(C)nc6c(sc7nc(-c8cc(Cl)nc(OCC)c8)cc(-c8cccs8)c76)c5=O)c4)c(C)nc23)cc(Cl)n1. The maximum absolute atomic E-state index is 14.3. The van der Waals surface area contributed by atoms with Gasteiger partial charge >= 0.3 is 12.1 Å². The van der Waals surface area contributed by atoms with Crippen molar-refractivity contribution in [2.45, 2.75) is 34.6 Å². The van der Waals surface area contributed by atoms with Crippen molar-refractivity contribution in [1.82, 2.24) is 39.3 Å². The largest absolute Gasteiger partial charge is 0.478 e. The minimum absolute atomic E-state index is 0.221. The van der Waals surface area contributed by atoms with Gasteiger partial charge in [0.1, 0.15) is 41.0 Å². The number of pyridine rings is 4. The highest BCUT2D eigenvalue weighted by Crippen LogP contribution is 2.43. The van der Waals surface area contributed by atoms with Crippen LogP contribution in [-0.2, 0) is 0 Å². The standard InChI is InChI=1S/C51H38Cl2N12O6S4/c1-6-70-38-18-26(16-36(52)60-38)32-21-30(34-10-8-12-72-34)40-42-44(74-46(40)58-32)48(66)64(24(4)54-42)62-50(68)56-28-14-23(3)15-29(20-28)57-51(69)63-65-25(5)55-43-41-31(35-11-9-13-73-35)22-33(59-47(41)75-45(43)49(65)67)27-17-37(53)61-39(19-27)71-7-2/h8-22H,6-7H2,1-5H3,(H2,56,62,68)(H2,57,63,69). The number of ether oxygens (including phenoxy) is 2. The van der Waals surface area contributed by atoms with Gasteiger partial charge in [0.2, 0.25) is 11.8 Å². The second-order valence-corrected chi connectivity index (χ2v) is 21.4. The third kappa shape index (κ3) is 9.62. The number of rotatable bonds is 12. The second-order valence-electron chi connectivity index (χ2n) is 16.7. The minimum atomic E-state index is -0.753. The molecule has 0 saturated heterocycles. The van der Waals surface area contributed by atoms with E-state index in [9.17, 15) is 19.2 Å². The summed E-state index contributed by atoms with van der Waals surface area (Å²) >= 11 is 18.2. The van der Waals surface area contributed by atoms with Crippen LogP contribution >= 0.6 is 68.5 Å². The number of hydrogen-bond acceptors (Lipinski definition) is 16. The Morgan fingerprint density at radius 3 is 1.43 bits per heavy atom. The molecule has 0 aliphatic rings. The first-order valence-corrected chi connectivity index (χ1v) is 27.1. The van der Waals surface area contributed by atoms with Gasteiger partial charge in [0, 0.05) is 66.3 Å². The molecule has 10 aromatic heterocycles. The van der Waals surface area contributed by atoms with E-state index in [1.165, 1.54) is 28.7 Å². The van der Waals surface area contributed by atoms with Crippen molar-refractivity contribution in [3.8, 4) is 55.2 Å². The van der Waals surface area contributed by atoms with Crippen LogP contribution in [0.4, 0.5) is 21.0 Å². The molecule has 1 aromatic carbocycles. The Labute approximate surface area is 450 Å². The average molecular weight is 1110 g/mol. The third-order valence-corrected chi connectivity index (χ3v) is 15.9. The first-order chi connectivity index (χ1) is 36.2. The lowest BCUT2D eigenvalue weighted by Gasteiger charge is -2.15. The van der Waals surface area contributed by atoms with Gasteiger partial charge in [-0.1, -0.05) is 35.3 Å². The smallest absolute Gasteiger partial charge is 0.338 e. The fourth-order valence-corrected chi connectivity index (χ4v) is 12.6. The lowest BCUT2D eigenvalue weighted by atomic mass is 10.1. The van der Waals surface area contributed by atoms with Crippen LogP contribution in [0.3, 0.4) is 0 Å². The number of thiophene rings is 4. The number of halogens is 2. The molecule has 4 N–H and O–H groups in total. The first kappa shape index (κ1) is 49.4. The van der Waals surface area contributed by atoms with Crippen LogP contribution in [0, 0.1) is 20.8 Å². The van der Waals surface area contributed by atoms with E-state index in [1.54, 1.807) is 57.2 Å². The second kappa shape index (κ2) is 20.1. The minimum Gasteiger partial charge on any atom is -0.478 e. The van der Waals surface area contributed by atoms with Crippen molar-refractivity contribution in [2.24, 2.45) is 0 Å². The Hall–Kier alpha value is -7.86. The van der Waals surface area contributed by atoms with Gasteiger partial charge in [0.25, 0.3) is 11.1 Å². The van der Waals surface area contributed by atoms with Gasteiger partial charge in [-0.15, -0.1) is 45.3 Å². The van der Waals surface area contributed by atoms with Gasteiger partial charge in [-0.3, -0.25) is 9.59 Å². The number of carbonyl (C=O) groups excluding carboxylic acids is 2. The molecule has 0 radical (unpaired) electrons. The predicted molar refractivity (Wildman–Crippen MR) is 301 cm³/mol. The third-order valence-electron chi connectivity index (χ3n) is 11.6. The highest BCUT2D eigenvalue weighted by molar-refractivity contribution is 7.26. The number of anilines is 2. The van der Waals surface area contributed by atoms with Gasteiger partial charge in [-0.2, -0.15) is 0 Å². The molecule has 4 amide bonds. The Balaban J connectivity index is 0.848. The Kier molecular flexibility index (Phi) is 13.2. The van der Waals surface area contributed by atoms with Crippen LogP contribution in [0.15, 0.2) is 99.2 Å². The number of amides is 4. The van der Waals surface area contributed by atoms with E-state index in [0.29, 0.717) is 95.9 Å². The van der Waals surface area contributed by atoms with Crippen LogP contribution in [0.5, 0.6) is 11.8 Å². The Bertz CT molecular complexity index is 3970. The molecular weight excluding hydrogens is 1080 g/mol. The summed E-state index contributed by atoms with van der Waals surface area (Å²) in [7, 11) is 0. The molecule has 0 atom stereocenters. The zero-order valence-corrected chi connectivity index (χ0v) is 44.8. The van der Waals surface area contributed by atoms with Gasteiger partial charge in [-0.05, 0) is 106 Å². The molecule has 0 bridgehead atoms. The van der Waals surface area contributed by atoms with Gasteiger partial charge in [0.15, 0.2) is 0 Å². The molecule has 0 fully saturated rings. The monoisotopic (exact) mass is 1110 g/mol. The highest BCUT2D eigenvalue weighted by atomic mass is 35.5. The number of urea groups is 2. The number of hydrogen-bond donors (Lipinski definition) is 4. The van der Waals surface area contributed by atoms with Crippen LogP contribution in [0.25, 0.3) is 84.3 Å². The van der Waals surface area contributed by atoms with Crippen LogP contribution in [-0.4, -0.2) is 64.5 Å². The first-order valence-electron chi connectivity index (χ1n) is 22.9. The Morgan fingerprint density at radius 2 is 1.03 bits per heavy atom. The van der Waals surface area contributed by atoms with Crippen molar-refractivity contribution >= 4 is 133 Å². The van der Waals surface area contributed by atoms with E-state index < -0.39 is 23.2 Å². The summed E-state index contributed by atoms with van der Waals surface area (Å²) in [6.45, 7) is 9.54. The molecule has 0 aliphatic carbocycles. The lowest BCUT2D eigenvalue weighted by molar-refractivity contribution is 0.259. The summed E-state index contributed by atoms with van der Waals surface area (Å²) in [6, 6.07) is 22.1. The van der Waals surface area contributed by atoms with Crippen molar-refractivity contribution in [3.63, 3.8) is 0 Å².